The van der Waals surface area contributed by atoms with Crippen molar-refractivity contribution in [1.29, 1.82) is 0 Å². The van der Waals surface area contributed by atoms with Gasteiger partial charge in [-0.15, -0.1) is 0 Å². The Kier molecular flexibility index (Phi) is 5.40. The van der Waals surface area contributed by atoms with Crippen LogP contribution in [0.25, 0.3) is 10.9 Å². The van der Waals surface area contributed by atoms with Crippen LogP contribution in [0.3, 0.4) is 0 Å². The number of hydrogen-bond donors (Lipinski definition) is 3. The van der Waals surface area contributed by atoms with Crippen molar-refractivity contribution in [3.05, 3.63) is 89.9 Å². The Morgan fingerprint density at radius 1 is 1.00 bits per heavy atom. The van der Waals surface area contributed by atoms with Gasteiger partial charge in [-0.2, -0.15) is 0 Å². The number of fused-ring (bicyclic) bond motifs is 2. The maximum Gasteiger partial charge on any atom is 0.251 e. The number of nitrogens with one attached hydrogen (secondary N) is 3. The number of aromatic nitrogens is 1. The van der Waals surface area contributed by atoms with E-state index in [2.05, 4.69) is 15.6 Å². The van der Waals surface area contributed by atoms with Crippen LogP contribution >= 0.6 is 0 Å². The number of hydrogen-bond acceptors (Lipinski definition) is 4. The second kappa shape index (κ2) is 8.66. The monoisotopic (exact) mass is 445 g/mol. The summed E-state index contributed by atoms with van der Waals surface area (Å²) in [4.78, 5) is 29.2. The lowest BCUT2D eigenvalue weighted by molar-refractivity contribution is -0.118. The highest BCUT2D eigenvalue weighted by Gasteiger charge is 2.24. The van der Waals surface area contributed by atoms with Gasteiger partial charge in [0.25, 0.3) is 5.91 Å². The highest BCUT2D eigenvalue weighted by molar-refractivity contribution is 6.01. The van der Waals surface area contributed by atoms with E-state index in [4.69, 9.17) is 9.47 Å². The second-order valence-electron chi connectivity index (χ2n) is 7.65. The van der Waals surface area contributed by atoms with Gasteiger partial charge in [0.05, 0.1) is 0 Å². The fourth-order valence-electron chi connectivity index (χ4n) is 3.78. The zero-order chi connectivity index (χ0) is 22.8. The minimum absolute atomic E-state index is 0.129. The lowest BCUT2D eigenvalue weighted by Gasteiger charge is -2.19. The first-order chi connectivity index (χ1) is 16.1. The molecule has 0 aliphatic carbocycles. The van der Waals surface area contributed by atoms with E-state index in [0.29, 0.717) is 17.2 Å². The Morgan fingerprint density at radius 3 is 2.64 bits per heavy atom. The van der Waals surface area contributed by atoms with Crippen LogP contribution in [0, 0.1) is 5.82 Å². The molecule has 166 valence electrons. The number of anilines is 1. The average molecular weight is 445 g/mol. The third kappa shape index (κ3) is 4.36. The minimum atomic E-state index is -0.882. The van der Waals surface area contributed by atoms with Crippen molar-refractivity contribution in [2.24, 2.45) is 0 Å². The molecule has 3 aromatic carbocycles. The largest absolute Gasteiger partial charge is 0.454 e. The number of benzene rings is 3. The van der Waals surface area contributed by atoms with Gasteiger partial charge in [0, 0.05) is 40.8 Å². The highest BCUT2D eigenvalue weighted by Crippen LogP contribution is 2.34. The molecular formula is C25H20FN3O4. The molecule has 0 fully saturated rings. The summed E-state index contributed by atoms with van der Waals surface area (Å²) >= 11 is 0. The molecule has 1 atom stereocenters. The van der Waals surface area contributed by atoms with Crippen molar-refractivity contribution < 1.29 is 23.5 Å². The standard InChI is InChI=1S/C25H20FN3O4/c26-17-7-5-15(6-8-17)24(30)29-21(11-16-13-27-20-4-2-1-3-19(16)20)25(31)28-18-9-10-22-23(12-18)33-14-32-22/h1-10,12-13,21,27H,11,14H2,(H,28,31)(H,29,30). The lowest BCUT2D eigenvalue weighted by atomic mass is 10.0. The summed E-state index contributed by atoms with van der Waals surface area (Å²) in [5.74, 6) is -0.165. The summed E-state index contributed by atoms with van der Waals surface area (Å²) in [5.41, 5.74) is 2.60. The molecule has 2 heterocycles. The molecule has 3 N–H and O–H groups in total. The molecule has 2 amide bonds. The third-order valence-corrected chi connectivity index (χ3v) is 5.47. The second-order valence-corrected chi connectivity index (χ2v) is 7.65. The topological polar surface area (TPSA) is 92.5 Å². The van der Waals surface area contributed by atoms with Gasteiger partial charge in [0.15, 0.2) is 11.5 Å². The summed E-state index contributed by atoms with van der Waals surface area (Å²) in [6, 6.07) is 17.1. The summed E-state index contributed by atoms with van der Waals surface area (Å²) in [6.45, 7) is 0.129. The van der Waals surface area contributed by atoms with Crippen molar-refractivity contribution in [2.45, 2.75) is 12.5 Å². The van der Waals surface area contributed by atoms with Gasteiger partial charge in [0.2, 0.25) is 12.7 Å². The summed E-state index contributed by atoms with van der Waals surface area (Å²) < 4.78 is 23.9. The number of carbonyl (C=O) groups excluding carboxylic acids is 2. The van der Waals surface area contributed by atoms with Crippen LogP contribution < -0.4 is 20.1 Å². The van der Waals surface area contributed by atoms with E-state index in [1.54, 1.807) is 18.2 Å². The van der Waals surface area contributed by atoms with Crippen molar-refractivity contribution in [1.82, 2.24) is 10.3 Å². The molecule has 8 heteroatoms. The molecule has 1 unspecified atom stereocenters. The van der Waals surface area contributed by atoms with Gasteiger partial charge in [0.1, 0.15) is 11.9 Å². The molecule has 7 nitrogen and oxygen atoms in total. The number of H-pyrrole nitrogens is 1. The maximum atomic E-state index is 13.3. The Labute approximate surface area is 188 Å². The number of halogens is 1. The van der Waals surface area contributed by atoms with Gasteiger partial charge in [-0.1, -0.05) is 18.2 Å². The molecule has 1 aliphatic rings. The molecule has 1 aliphatic heterocycles. The van der Waals surface area contributed by atoms with Crippen LogP contribution in [-0.4, -0.2) is 29.6 Å². The van der Waals surface area contributed by atoms with E-state index in [-0.39, 0.29) is 18.8 Å². The smallest absolute Gasteiger partial charge is 0.251 e. The first-order valence-electron chi connectivity index (χ1n) is 10.4. The van der Waals surface area contributed by atoms with Crippen LogP contribution in [0.15, 0.2) is 72.9 Å². The van der Waals surface area contributed by atoms with Gasteiger partial charge >= 0.3 is 0 Å². The number of aromatic amines is 1. The molecule has 5 rings (SSSR count). The summed E-state index contributed by atoms with van der Waals surface area (Å²) in [6.07, 6.45) is 2.09. The Bertz CT molecular complexity index is 1330. The molecule has 0 spiro atoms. The minimum Gasteiger partial charge on any atom is -0.454 e. The van der Waals surface area contributed by atoms with E-state index in [1.165, 1.54) is 24.3 Å². The normalized spacial score (nSPS) is 13.0. The predicted molar refractivity (Wildman–Crippen MR) is 121 cm³/mol. The Hall–Kier alpha value is -4.33. The molecule has 0 saturated heterocycles. The van der Waals surface area contributed by atoms with E-state index < -0.39 is 23.7 Å². The van der Waals surface area contributed by atoms with Crippen LogP contribution in [0.4, 0.5) is 10.1 Å². The molecule has 4 aromatic rings. The van der Waals surface area contributed by atoms with Gasteiger partial charge < -0.3 is 25.1 Å². The lowest BCUT2D eigenvalue weighted by Crippen LogP contribution is -2.45. The SMILES string of the molecule is O=C(NC(Cc1c[nH]c2ccccc12)C(=O)Nc1ccc2c(c1)OCO2)c1ccc(F)cc1. The fourth-order valence-corrected chi connectivity index (χ4v) is 3.78. The van der Waals surface area contributed by atoms with Crippen LogP contribution in [0.5, 0.6) is 11.5 Å². The van der Waals surface area contributed by atoms with Crippen LogP contribution in [-0.2, 0) is 11.2 Å². The molecule has 33 heavy (non-hydrogen) atoms. The Morgan fingerprint density at radius 2 is 1.79 bits per heavy atom. The zero-order valence-electron chi connectivity index (χ0n) is 17.4. The summed E-state index contributed by atoms with van der Waals surface area (Å²) in [7, 11) is 0. The first kappa shape index (κ1) is 20.6. The van der Waals surface area contributed by atoms with E-state index >= 15 is 0 Å². The average Bonchev–Trinajstić information content (AvgIpc) is 3.46. The maximum absolute atomic E-state index is 13.3. The van der Waals surface area contributed by atoms with Gasteiger partial charge in [-0.25, -0.2) is 4.39 Å². The van der Waals surface area contributed by atoms with Gasteiger partial charge in [-0.05, 0) is 48.0 Å². The number of rotatable bonds is 6. The zero-order valence-corrected chi connectivity index (χ0v) is 17.4. The number of carbonyl (C=O) groups is 2. The van der Waals surface area contributed by atoms with Crippen molar-refractivity contribution in [3.8, 4) is 11.5 Å². The van der Waals surface area contributed by atoms with E-state index in [9.17, 15) is 14.0 Å². The van der Waals surface area contributed by atoms with Crippen LogP contribution in [0.1, 0.15) is 15.9 Å². The van der Waals surface area contributed by atoms with Crippen molar-refractivity contribution >= 4 is 28.4 Å². The molecular weight excluding hydrogens is 425 g/mol. The van der Waals surface area contributed by atoms with Gasteiger partial charge in [-0.3, -0.25) is 9.59 Å². The highest BCUT2D eigenvalue weighted by atomic mass is 19.1. The predicted octanol–water partition coefficient (Wildman–Crippen LogP) is 4.02. The third-order valence-electron chi connectivity index (χ3n) is 5.47. The van der Waals surface area contributed by atoms with Crippen LogP contribution in [0.2, 0.25) is 0 Å². The molecule has 1 aromatic heterocycles. The van der Waals surface area contributed by atoms with Crippen molar-refractivity contribution in [3.63, 3.8) is 0 Å². The Balaban J connectivity index is 1.40. The molecule has 0 bridgehead atoms. The first-order valence-corrected chi connectivity index (χ1v) is 10.4. The molecule has 0 radical (unpaired) electrons. The summed E-state index contributed by atoms with van der Waals surface area (Å²) in [5, 5.41) is 6.59. The van der Waals surface area contributed by atoms with Crippen molar-refractivity contribution in [2.75, 3.05) is 12.1 Å². The number of para-hydroxylation sites is 1. The van der Waals surface area contributed by atoms with E-state index in [1.807, 2.05) is 30.5 Å². The fraction of sp³-hybridized carbons (Fsp3) is 0.120. The number of ether oxygens (including phenoxy) is 2. The quantitative estimate of drug-likeness (QED) is 0.418. The number of amides is 2. The molecule has 0 saturated carbocycles. The van der Waals surface area contributed by atoms with E-state index in [0.717, 1.165) is 16.5 Å².